The van der Waals surface area contributed by atoms with Gasteiger partial charge in [0.05, 0.1) is 12.7 Å². The summed E-state index contributed by atoms with van der Waals surface area (Å²) in [6.07, 6.45) is 1.88. The van der Waals surface area contributed by atoms with Crippen LogP contribution in [0.25, 0.3) is 0 Å². The van der Waals surface area contributed by atoms with Crippen LogP contribution in [-0.4, -0.2) is 16.8 Å². The lowest BCUT2D eigenvalue weighted by Crippen LogP contribution is -2.08. The first-order valence-electron chi connectivity index (χ1n) is 6.02. The zero-order chi connectivity index (χ0) is 13.1. The molecule has 96 valence electrons. The molecule has 0 fully saturated rings. The van der Waals surface area contributed by atoms with Crippen LogP contribution < -0.4 is 5.32 Å². The van der Waals surface area contributed by atoms with Crippen molar-refractivity contribution < 1.29 is 4.39 Å². The highest BCUT2D eigenvalue weighted by atomic mass is 19.1. The van der Waals surface area contributed by atoms with E-state index in [1.54, 1.807) is 6.07 Å². The second kappa shape index (κ2) is 5.31. The maximum Gasteiger partial charge on any atom is 0.123 e. The third-order valence-electron chi connectivity index (χ3n) is 3.20. The van der Waals surface area contributed by atoms with Crippen molar-refractivity contribution in [2.45, 2.75) is 26.9 Å². The summed E-state index contributed by atoms with van der Waals surface area (Å²) in [7, 11) is 1.92. The van der Waals surface area contributed by atoms with Gasteiger partial charge in [-0.15, -0.1) is 0 Å². The van der Waals surface area contributed by atoms with Gasteiger partial charge >= 0.3 is 0 Å². The molecule has 0 unspecified atom stereocenters. The van der Waals surface area contributed by atoms with Gasteiger partial charge in [0.1, 0.15) is 5.82 Å². The molecule has 0 atom stereocenters. The minimum absolute atomic E-state index is 0.190. The van der Waals surface area contributed by atoms with Crippen LogP contribution in [0.2, 0.25) is 0 Å². The summed E-state index contributed by atoms with van der Waals surface area (Å²) >= 11 is 0. The Bertz CT molecular complexity index is 546. The lowest BCUT2D eigenvalue weighted by molar-refractivity contribution is 0.620. The SMILES string of the molecule is CNCc1cnn(Cc2ccc(F)cc2C)c1C. The minimum atomic E-state index is -0.190. The fourth-order valence-electron chi connectivity index (χ4n) is 2.01. The molecule has 4 heteroatoms. The third kappa shape index (κ3) is 2.59. The Hall–Kier alpha value is -1.68. The first-order chi connectivity index (χ1) is 8.61. The molecular formula is C14H18FN3. The highest BCUT2D eigenvalue weighted by Crippen LogP contribution is 2.14. The Morgan fingerprint density at radius 2 is 2.06 bits per heavy atom. The van der Waals surface area contributed by atoms with E-state index in [0.717, 1.165) is 23.4 Å². The summed E-state index contributed by atoms with van der Waals surface area (Å²) in [6, 6.07) is 4.88. The fraction of sp³-hybridized carbons (Fsp3) is 0.357. The lowest BCUT2D eigenvalue weighted by atomic mass is 10.1. The highest BCUT2D eigenvalue weighted by Gasteiger charge is 2.07. The van der Waals surface area contributed by atoms with Crippen molar-refractivity contribution in [1.29, 1.82) is 0 Å². The molecule has 18 heavy (non-hydrogen) atoms. The lowest BCUT2D eigenvalue weighted by Gasteiger charge is -2.08. The van der Waals surface area contributed by atoms with E-state index in [-0.39, 0.29) is 5.82 Å². The number of aryl methyl sites for hydroxylation is 1. The van der Waals surface area contributed by atoms with Crippen molar-refractivity contribution in [1.82, 2.24) is 15.1 Å². The highest BCUT2D eigenvalue weighted by molar-refractivity contribution is 5.27. The van der Waals surface area contributed by atoms with Crippen LogP contribution in [0.1, 0.15) is 22.4 Å². The molecule has 0 aliphatic carbocycles. The number of halogens is 1. The normalized spacial score (nSPS) is 10.9. The predicted octanol–water partition coefficient (Wildman–Crippen LogP) is 2.41. The first kappa shape index (κ1) is 12.8. The van der Waals surface area contributed by atoms with Crippen molar-refractivity contribution in [3.8, 4) is 0 Å². The molecule has 0 aliphatic rings. The summed E-state index contributed by atoms with van der Waals surface area (Å²) in [5.74, 6) is -0.190. The van der Waals surface area contributed by atoms with E-state index < -0.39 is 0 Å². The molecule has 0 amide bonds. The predicted molar refractivity (Wildman–Crippen MR) is 70.0 cm³/mol. The number of benzene rings is 1. The van der Waals surface area contributed by atoms with Crippen LogP contribution in [0.5, 0.6) is 0 Å². The van der Waals surface area contributed by atoms with Crippen LogP contribution >= 0.6 is 0 Å². The van der Waals surface area contributed by atoms with Crippen LogP contribution in [-0.2, 0) is 13.1 Å². The number of aromatic nitrogens is 2. The smallest absolute Gasteiger partial charge is 0.123 e. The van der Waals surface area contributed by atoms with Crippen molar-refractivity contribution in [2.75, 3.05) is 7.05 Å². The van der Waals surface area contributed by atoms with E-state index in [9.17, 15) is 4.39 Å². The Kier molecular flexibility index (Phi) is 3.77. The van der Waals surface area contributed by atoms with Gasteiger partial charge in [0, 0.05) is 17.8 Å². The molecule has 0 radical (unpaired) electrons. The molecular weight excluding hydrogens is 229 g/mol. The molecule has 3 nitrogen and oxygen atoms in total. The number of hydrogen-bond acceptors (Lipinski definition) is 2. The largest absolute Gasteiger partial charge is 0.316 e. The zero-order valence-electron chi connectivity index (χ0n) is 11.0. The molecule has 2 aromatic rings. The van der Waals surface area contributed by atoms with Crippen molar-refractivity contribution in [2.24, 2.45) is 0 Å². The monoisotopic (exact) mass is 247 g/mol. The Morgan fingerprint density at radius 3 is 2.72 bits per heavy atom. The minimum Gasteiger partial charge on any atom is -0.316 e. The summed E-state index contributed by atoms with van der Waals surface area (Å²) in [4.78, 5) is 0. The van der Waals surface area contributed by atoms with Gasteiger partial charge in [-0.1, -0.05) is 6.07 Å². The average Bonchev–Trinajstić information content (AvgIpc) is 2.66. The summed E-state index contributed by atoms with van der Waals surface area (Å²) in [5.41, 5.74) is 4.39. The van der Waals surface area contributed by atoms with Crippen LogP contribution in [0.4, 0.5) is 4.39 Å². The van der Waals surface area contributed by atoms with Crippen LogP contribution in [0.3, 0.4) is 0 Å². The molecule has 0 aliphatic heterocycles. The second-order valence-electron chi connectivity index (χ2n) is 4.51. The molecule has 1 aromatic carbocycles. The molecule has 1 heterocycles. The van der Waals surface area contributed by atoms with Gasteiger partial charge in [0.2, 0.25) is 0 Å². The number of nitrogens with zero attached hydrogens (tertiary/aromatic N) is 2. The van der Waals surface area contributed by atoms with Crippen molar-refractivity contribution >= 4 is 0 Å². The van der Waals surface area contributed by atoms with E-state index in [0.29, 0.717) is 6.54 Å². The number of hydrogen-bond donors (Lipinski definition) is 1. The molecule has 1 aromatic heterocycles. The molecule has 2 rings (SSSR count). The van der Waals surface area contributed by atoms with Crippen molar-refractivity contribution in [3.63, 3.8) is 0 Å². The van der Waals surface area contributed by atoms with Gasteiger partial charge in [-0.25, -0.2) is 4.39 Å². The van der Waals surface area contributed by atoms with E-state index >= 15 is 0 Å². The zero-order valence-corrected chi connectivity index (χ0v) is 11.0. The topological polar surface area (TPSA) is 29.9 Å². The fourth-order valence-corrected chi connectivity index (χ4v) is 2.01. The third-order valence-corrected chi connectivity index (χ3v) is 3.20. The van der Waals surface area contributed by atoms with Gasteiger partial charge < -0.3 is 5.32 Å². The Labute approximate surface area is 107 Å². The van der Waals surface area contributed by atoms with Gasteiger partial charge in [-0.2, -0.15) is 5.10 Å². The molecule has 0 spiro atoms. The Balaban J connectivity index is 2.23. The first-order valence-corrected chi connectivity index (χ1v) is 6.02. The summed E-state index contributed by atoms with van der Waals surface area (Å²) < 4.78 is 15.0. The van der Waals surface area contributed by atoms with Gasteiger partial charge in [0.25, 0.3) is 0 Å². The standard InChI is InChI=1S/C14H18FN3/c1-10-6-14(15)5-4-12(10)9-18-11(2)13(7-16-3)8-17-18/h4-6,8,16H,7,9H2,1-3H3. The summed E-state index contributed by atoms with van der Waals surface area (Å²) in [6.45, 7) is 5.47. The van der Waals surface area contributed by atoms with E-state index in [1.165, 1.54) is 11.6 Å². The van der Waals surface area contributed by atoms with Gasteiger partial charge in [-0.05, 0) is 44.2 Å². The van der Waals surface area contributed by atoms with E-state index in [4.69, 9.17) is 0 Å². The number of rotatable bonds is 4. The molecule has 1 N–H and O–H groups in total. The van der Waals surface area contributed by atoms with Gasteiger partial charge in [-0.3, -0.25) is 4.68 Å². The molecule has 0 saturated heterocycles. The number of nitrogens with one attached hydrogen (secondary N) is 1. The van der Waals surface area contributed by atoms with Crippen LogP contribution in [0, 0.1) is 19.7 Å². The van der Waals surface area contributed by atoms with Gasteiger partial charge in [0.15, 0.2) is 0 Å². The van der Waals surface area contributed by atoms with E-state index in [2.05, 4.69) is 17.3 Å². The maximum absolute atomic E-state index is 13.0. The quantitative estimate of drug-likeness (QED) is 0.899. The molecule has 0 bridgehead atoms. The summed E-state index contributed by atoms with van der Waals surface area (Å²) in [5, 5.41) is 7.49. The molecule has 0 saturated carbocycles. The second-order valence-corrected chi connectivity index (χ2v) is 4.51. The van der Waals surface area contributed by atoms with Crippen molar-refractivity contribution in [3.05, 3.63) is 52.6 Å². The maximum atomic E-state index is 13.0. The van der Waals surface area contributed by atoms with E-state index in [1.807, 2.05) is 30.9 Å². The van der Waals surface area contributed by atoms with Crippen LogP contribution in [0.15, 0.2) is 24.4 Å². The average molecular weight is 247 g/mol. The Morgan fingerprint density at radius 1 is 1.28 bits per heavy atom.